The molecule has 0 atom stereocenters. The highest BCUT2D eigenvalue weighted by molar-refractivity contribution is 5.91. The fourth-order valence-corrected chi connectivity index (χ4v) is 3.35. The van der Waals surface area contributed by atoms with Crippen molar-refractivity contribution in [3.05, 3.63) is 132 Å². The highest BCUT2D eigenvalue weighted by Crippen LogP contribution is 2.17. The lowest BCUT2D eigenvalue weighted by Gasteiger charge is -2.21. The van der Waals surface area contributed by atoms with Crippen molar-refractivity contribution in [2.45, 2.75) is 19.7 Å². The summed E-state index contributed by atoms with van der Waals surface area (Å²) in [5.74, 6) is 0.684. The number of amides is 1. The zero-order valence-electron chi connectivity index (χ0n) is 18.2. The molecule has 2 heterocycles. The van der Waals surface area contributed by atoms with Gasteiger partial charge in [-0.2, -0.15) is 0 Å². The Morgan fingerprint density at radius 3 is 2.36 bits per heavy atom. The molecule has 2 aromatic heterocycles. The fourth-order valence-electron chi connectivity index (χ4n) is 3.35. The molecule has 5 nitrogen and oxygen atoms in total. The summed E-state index contributed by atoms with van der Waals surface area (Å²) in [5.41, 5.74) is 4.01. The van der Waals surface area contributed by atoms with Crippen LogP contribution < -0.4 is 4.74 Å². The molecular weight excluding hydrogens is 410 g/mol. The number of ether oxygens (including phenoxy) is 1. The van der Waals surface area contributed by atoms with Crippen molar-refractivity contribution in [3.63, 3.8) is 0 Å². The molecule has 0 aliphatic heterocycles. The zero-order chi connectivity index (χ0) is 22.7. The molecule has 0 saturated heterocycles. The van der Waals surface area contributed by atoms with Gasteiger partial charge in [0.2, 0.25) is 5.91 Å². The van der Waals surface area contributed by atoms with Crippen LogP contribution in [0.5, 0.6) is 5.75 Å². The Balaban J connectivity index is 1.44. The number of hydrogen-bond donors (Lipinski definition) is 0. The maximum absolute atomic E-state index is 13.1. The van der Waals surface area contributed by atoms with E-state index in [-0.39, 0.29) is 5.91 Å². The number of aromatic nitrogens is 2. The quantitative estimate of drug-likeness (QED) is 0.335. The fraction of sp³-hybridized carbons (Fsp3) is 0.107. The number of hydrogen-bond acceptors (Lipinski definition) is 4. The van der Waals surface area contributed by atoms with Gasteiger partial charge in [0.25, 0.3) is 0 Å². The van der Waals surface area contributed by atoms with E-state index in [2.05, 4.69) is 9.97 Å². The Morgan fingerprint density at radius 1 is 0.788 bits per heavy atom. The summed E-state index contributed by atoms with van der Waals surface area (Å²) >= 11 is 0. The van der Waals surface area contributed by atoms with Gasteiger partial charge in [-0.1, -0.05) is 48.5 Å². The molecule has 0 unspecified atom stereocenters. The highest BCUT2D eigenvalue weighted by atomic mass is 16.5. The molecule has 0 aliphatic carbocycles. The van der Waals surface area contributed by atoms with E-state index < -0.39 is 0 Å². The van der Waals surface area contributed by atoms with Crippen molar-refractivity contribution in [1.29, 1.82) is 0 Å². The molecule has 1 amide bonds. The predicted octanol–water partition coefficient (Wildman–Crippen LogP) is 5.30. The molecule has 0 aliphatic rings. The molecule has 5 heteroatoms. The van der Waals surface area contributed by atoms with Crippen LogP contribution in [0.3, 0.4) is 0 Å². The number of carbonyl (C=O) groups excluding carboxylic acids is 1. The number of benzene rings is 2. The Morgan fingerprint density at radius 2 is 1.58 bits per heavy atom. The van der Waals surface area contributed by atoms with Crippen LogP contribution in [0.15, 0.2) is 110 Å². The Kier molecular flexibility index (Phi) is 7.58. The molecule has 0 radical (unpaired) electrons. The first-order valence-electron chi connectivity index (χ1n) is 10.8. The van der Waals surface area contributed by atoms with E-state index in [4.69, 9.17) is 4.74 Å². The normalized spacial score (nSPS) is 10.8. The number of pyridine rings is 2. The monoisotopic (exact) mass is 435 g/mol. The lowest BCUT2D eigenvalue weighted by Crippen LogP contribution is -2.28. The molecule has 33 heavy (non-hydrogen) atoms. The van der Waals surface area contributed by atoms with E-state index in [0.29, 0.717) is 19.7 Å². The van der Waals surface area contributed by atoms with Crippen LogP contribution in [0.1, 0.15) is 22.3 Å². The largest absolute Gasteiger partial charge is 0.489 e. The first kappa shape index (κ1) is 22.0. The van der Waals surface area contributed by atoms with Gasteiger partial charge in [0.1, 0.15) is 12.4 Å². The van der Waals surface area contributed by atoms with E-state index in [1.807, 2.05) is 84.9 Å². The van der Waals surface area contributed by atoms with Crippen molar-refractivity contribution in [1.82, 2.24) is 14.9 Å². The average molecular weight is 436 g/mol. The first-order chi connectivity index (χ1) is 16.3. The summed E-state index contributed by atoms with van der Waals surface area (Å²) in [6.45, 7) is 1.46. The van der Waals surface area contributed by atoms with E-state index >= 15 is 0 Å². The first-order valence-corrected chi connectivity index (χ1v) is 10.8. The highest BCUT2D eigenvalue weighted by Gasteiger charge is 2.12. The summed E-state index contributed by atoms with van der Waals surface area (Å²) in [5, 5.41) is 0. The number of carbonyl (C=O) groups is 1. The topological polar surface area (TPSA) is 55.3 Å². The SMILES string of the molecule is O=C(/C=C/c1cccc(OCc2ccccc2)c1)N(Cc1ccncc1)Cc1cccnc1. The van der Waals surface area contributed by atoms with E-state index in [1.165, 1.54) is 0 Å². The van der Waals surface area contributed by atoms with Crippen LogP contribution in [-0.2, 0) is 24.5 Å². The summed E-state index contributed by atoms with van der Waals surface area (Å²) in [4.78, 5) is 23.1. The number of nitrogens with zero attached hydrogens (tertiary/aromatic N) is 3. The lowest BCUT2D eigenvalue weighted by molar-refractivity contribution is -0.127. The van der Waals surface area contributed by atoms with Crippen molar-refractivity contribution in [3.8, 4) is 5.75 Å². The Labute approximate surface area is 194 Å². The van der Waals surface area contributed by atoms with Crippen LogP contribution in [0.2, 0.25) is 0 Å². The summed E-state index contributed by atoms with van der Waals surface area (Å²) in [6, 6.07) is 25.4. The third-order valence-corrected chi connectivity index (χ3v) is 5.06. The molecule has 0 fully saturated rings. The van der Waals surface area contributed by atoms with E-state index in [9.17, 15) is 4.79 Å². The third-order valence-electron chi connectivity index (χ3n) is 5.06. The second-order valence-electron chi connectivity index (χ2n) is 7.59. The minimum absolute atomic E-state index is 0.0775. The summed E-state index contributed by atoms with van der Waals surface area (Å²) in [7, 11) is 0. The smallest absolute Gasteiger partial charge is 0.247 e. The van der Waals surface area contributed by atoms with Crippen LogP contribution in [0, 0.1) is 0 Å². The molecule has 164 valence electrons. The number of rotatable bonds is 9. The van der Waals surface area contributed by atoms with E-state index in [0.717, 1.165) is 28.0 Å². The zero-order valence-corrected chi connectivity index (χ0v) is 18.2. The van der Waals surface area contributed by atoms with Gasteiger partial charge in [0, 0.05) is 44.0 Å². The maximum Gasteiger partial charge on any atom is 0.247 e. The van der Waals surface area contributed by atoms with Crippen LogP contribution in [0.4, 0.5) is 0 Å². The van der Waals surface area contributed by atoms with Crippen LogP contribution in [-0.4, -0.2) is 20.8 Å². The van der Waals surface area contributed by atoms with Crippen molar-refractivity contribution in [2.75, 3.05) is 0 Å². The summed E-state index contributed by atoms with van der Waals surface area (Å²) in [6.07, 6.45) is 10.4. The van der Waals surface area contributed by atoms with Crippen LogP contribution in [0.25, 0.3) is 6.08 Å². The molecule has 4 rings (SSSR count). The minimum atomic E-state index is -0.0775. The summed E-state index contributed by atoms with van der Waals surface area (Å²) < 4.78 is 5.90. The second kappa shape index (κ2) is 11.4. The maximum atomic E-state index is 13.1. The predicted molar refractivity (Wildman–Crippen MR) is 129 cm³/mol. The van der Waals surface area contributed by atoms with Crippen molar-refractivity contribution in [2.24, 2.45) is 0 Å². The molecule has 2 aromatic carbocycles. The third kappa shape index (κ3) is 6.87. The minimum Gasteiger partial charge on any atom is -0.489 e. The van der Waals surface area contributed by atoms with Gasteiger partial charge >= 0.3 is 0 Å². The Hall–Kier alpha value is -4.25. The molecule has 0 bridgehead atoms. The van der Waals surface area contributed by atoms with Gasteiger partial charge in [0.15, 0.2) is 0 Å². The second-order valence-corrected chi connectivity index (χ2v) is 7.59. The van der Waals surface area contributed by atoms with Gasteiger partial charge < -0.3 is 9.64 Å². The van der Waals surface area contributed by atoms with Gasteiger partial charge in [0.05, 0.1) is 0 Å². The average Bonchev–Trinajstić information content (AvgIpc) is 2.88. The van der Waals surface area contributed by atoms with E-state index in [1.54, 1.807) is 35.8 Å². The molecule has 0 saturated carbocycles. The van der Waals surface area contributed by atoms with Crippen molar-refractivity contribution >= 4 is 12.0 Å². The Bertz CT molecular complexity index is 1140. The van der Waals surface area contributed by atoms with Gasteiger partial charge in [-0.05, 0) is 58.7 Å². The lowest BCUT2D eigenvalue weighted by atomic mass is 10.1. The van der Waals surface area contributed by atoms with Crippen LogP contribution >= 0.6 is 0 Å². The van der Waals surface area contributed by atoms with Gasteiger partial charge in [-0.25, -0.2) is 0 Å². The molecule has 4 aromatic rings. The van der Waals surface area contributed by atoms with Gasteiger partial charge in [-0.15, -0.1) is 0 Å². The van der Waals surface area contributed by atoms with Crippen molar-refractivity contribution < 1.29 is 9.53 Å². The molecule has 0 N–H and O–H groups in total. The van der Waals surface area contributed by atoms with Gasteiger partial charge in [-0.3, -0.25) is 14.8 Å². The molecular formula is C28H25N3O2. The standard InChI is InChI=1S/C28H25N3O2/c32-28(31(20-24-13-16-29-17-14-24)21-26-9-5-15-30-19-26)12-11-23-8-4-10-27(18-23)33-22-25-6-2-1-3-7-25/h1-19H,20-22H2/b12-11+. The molecule has 0 spiro atoms.